The van der Waals surface area contributed by atoms with Crippen molar-refractivity contribution in [2.75, 3.05) is 35.8 Å². The van der Waals surface area contributed by atoms with Gasteiger partial charge in [-0.05, 0) is 44.5 Å². The van der Waals surface area contributed by atoms with Gasteiger partial charge in [-0.3, -0.25) is 4.72 Å². The minimum absolute atomic E-state index is 0.0716. The van der Waals surface area contributed by atoms with Gasteiger partial charge in [0.05, 0.1) is 15.1 Å². The predicted molar refractivity (Wildman–Crippen MR) is 130 cm³/mol. The molecule has 0 radical (unpaired) electrons. The number of fused-ring (bicyclic) bond motifs is 1. The third kappa shape index (κ3) is 5.48. The normalized spacial score (nSPS) is 15.0. The molecular formula is C21H24ClN5O4S2. The van der Waals surface area contributed by atoms with Crippen LogP contribution in [-0.2, 0) is 14.8 Å². The first kappa shape index (κ1) is 23.5. The van der Waals surface area contributed by atoms with Gasteiger partial charge >= 0.3 is 6.09 Å². The van der Waals surface area contributed by atoms with E-state index in [-0.39, 0.29) is 16.3 Å². The number of anilines is 2. The Morgan fingerprint density at radius 2 is 1.79 bits per heavy atom. The van der Waals surface area contributed by atoms with E-state index in [0.717, 1.165) is 4.70 Å². The van der Waals surface area contributed by atoms with Crippen molar-refractivity contribution in [3.63, 3.8) is 0 Å². The van der Waals surface area contributed by atoms with Crippen LogP contribution in [0.5, 0.6) is 0 Å². The molecule has 12 heteroatoms. The van der Waals surface area contributed by atoms with Gasteiger partial charge in [0.1, 0.15) is 10.6 Å². The molecule has 0 aliphatic carbocycles. The van der Waals surface area contributed by atoms with Gasteiger partial charge in [0.15, 0.2) is 5.82 Å². The maximum Gasteiger partial charge on any atom is 0.410 e. The molecular weight excluding hydrogens is 486 g/mol. The summed E-state index contributed by atoms with van der Waals surface area (Å²) < 4.78 is 34.2. The Kier molecular flexibility index (Phi) is 6.39. The zero-order valence-electron chi connectivity index (χ0n) is 18.4. The van der Waals surface area contributed by atoms with Crippen LogP contribution in [0.1, 0.15) is 20.8 Å². The van der Waals surface area contributed by atoms with Gasteiger partial charge in [-0.2, -0.15) is 4.98 Å². The highest BCUT2D eigenvalue weighted by Gasteiger charge is 2.28. The Labute approximate surface area is 201 Å². The molecule has 9 nitrogen and oxygen atoms in total. The lowest BCUT2D eigenvalue weighted by Crippen LogP contribution is -2.50. The second-order valence-electron chi connectivity index (χ2n) is 8.51. The predicted octanol–water partition coefficient (Wildman–Crippen LogP) is 4.20. The molecule has 1 aromatic carbocycles. The van der Waals surface area contributed by atoms with Gasteiger partial charge in [-0.1, -0.05) is 18.2 Å². The van der Waals surface area contributed by atoms with E-state index in [2.05, 4.69) is 14.7 Å². The maximum atomic E-state index is 12.7. The molecule has 3 aromatic rings. The number of hydrogen-bond acceptors (Lipinski definition) is 8. The highest BCUT2D eigenvalue weighted by atomic mass is 35.5. The topological polar surface area (TPSA) is 105 Å². The number of amides is 1. The summed E-state index contributed by atoms with van der Waals surface area (Å²) in [6, 6.07) is 9.79. The van der Waals surface area contributed by atoms with Crippen LogP contribution in [0.2, 0.25) is 5.28 Å². The van der Waals surface area contributed by atoms with Gasteiger partial charge < -0.3 is 14.5 Å². The van der Waals surface area contributed by atoms with Crippen LogP contribution in [0.15, 0.2) is 41.3 Å². The SMILES string of the molecule is CC(C)(C)OC(=O)N1CCN(c2nc(Cl)nc3cc(NS(=O)(=O)c4ccccc4)sc23)CC1. The van der Waals surface area contributed by atoms with E-state index in [0.29, 0.717) is 42.5 Å². The lowest BCUT2D eigenvalue weighted by molar-refractivity contribution is 0.0240. The summed E-state index contributed by atoms with van der Waals surface area (Å²) in [4.78, 5) is 24.9. The van der Waals surface area contributed by atoms with Crippen molar-refractivity contribution in [1.82, 2.24) is 14.9 Å². The van der Waals surface area contributed by atoms with Crippen LogP contribution in [-0.4, -0.2) is 61.2 Å². The molecule has 1 amide bonds. The smallest absolute Gasteiger partial charge is 0.410 e. The largest absolute Gasteiger partial charge is 0.444 e. The Morgan fingerprint density at radius 1 is 1.12 bits per heavy atom. The van der Waals surface area contributed by atoms with Gasteiger partial charge in [-0.15, -0.1) is 11.3 Å². The summed E-state index contributed by atoms with van der Waals surface area (Å²) in [5.74, 6) is 0.615. The molecule has 1 saturated heterocycles. The first-order valence-corrected chi connectivity index (χ1v) is 13.0. The molecule has 0 spiro atoms. The molecule has 33 heavy (non-hydrogen) atoms. The summed E-state index contributed by atoms with van der Waals surface area (Å²) in [6.45, 7) is 7.51. The highest BCUT2D eigenvalue weighted by molar-refractivity contribution is 7.93. The van der Waals surface area contributed by atoms with Crippen molar-refractivity contribution in [2.45, 2.75) is 31.3 Å². The third-order valence-corrected chi connectivity index (χ3v) is 7.56. The molecule has 0 bridgehead atoms. The molecule has 2 aromatic heterocycles. The summed E-state index contributed by atoms with van der Waals surface area (Å²) >= 11 is 7.41. The lowest BCUT2D eigenvalue weighted by Gasteiger charge is -2.36. The van der Waals surface area contributed by atoms with Crippen molar-refractivity contribution < 1.29 is 17.9 Å². The van der Waals surface area contributed by atoms with Crippen molar-refractivity contribution >= 4 is 60.1 Å². The number of rotatable bonds is 4. The molecule has 0 saturated carbocycles. The Bertz CT molecular complexity index is 1270. The van der Waals surface area contributed by atoms with Gasteiger partial charge in [0, 0.05) is 32.2 Å². The van der Waals surface area contributed by atoms with E-state index in [4.69, 9.17) is 16.3 Å². The number of hydrogen-bond donors (Lipinski definition) is 1. The fourth-order valence-corrected chi connectivity index (χ4v) is 5.86. The first-order chi connectivity index (χ1) is 15.5. The second kappa shape index (κ2) is 8.96. The number of carbonyl (C=O) groups excluding carboxylic acids is 1. The number of thiophene rings is 1. The lowest BCUT2D eigenvalue weighted by atomic mass is 10.2. The second-order valence-corrected chi connectivity index (χ2v) is 11.6. The van der Waals surface area contributed by atoms with Crippen molar-refractivity contribution in [2.24, 2.45) is 0 Å². The number of nitrogens with one attached hydrogen (secondary N) is 1. The van der Waals surface area contributed by atoms with Crippen LogP contribution in [0, 0.1) is 0 Å². The van der Waals surface area contributed by atoms with Gasteiger partial charge in [-0.25, -0.2) is 18.2 Å². The fraction of sp³-hybridized carbons (Fsp3) is 0.381. The molecule has 1 N–H and O–H groups in total. The Hall–Kier alpha value is -2.63. The van der Waals surface area contributed by atoms with Crippen LogP contribution >= 0.6 is 22.9 Å². The number of ether oxygens (including phenoxy) is 1. The Balaban J connectivity index is 1.55. The number of sulfonamides is 1. The monoisotopic (exact) mass is 509 g/mol. The van der Waals surface area contributed by atoms with Gasteiger partial charge in [0.25, 0.3) is 10.0 Å². The van der Waals surface area contributed by atoms with Crippen LogP contribution in [0.4, 0.5) is 15.6 Å². The number of aromatic nitrogens is 2. The highest BCUT2D eigenvalue weighted by Crippen LogP contribution is 2.37. The molecule has 0 unspecified atom stereocenters. The molecule has 1 fully saturated rings. The van der Waals surface area contributed by atoms with E-state index < -0.39 is 15.6 Å². The maximum absolute atomic E-state index is 12.7. The Morgan fingerprint density at radius 3 is 2.42 bits per heavy atom. The molecule has 3 heterocycles. The third-order valence-electron chi connectivity index (χ3n) is 4.85. The molecule has 4 rings (SSSR count). The van der Waals surface area contributed by atoms with Crippen LogP contribution in [0.3, 0.4) is 0 Å². The number of piperazine rings is 1. The number of benzene rings is 1. The standard InChI is InChI=1S/C21H24ClN5O4S2/c1-21(2,3)31-20(28)27-11-9-26(10-12-27)18-17-15(23-19(22)24-18)13-16(32-17)25-33(29,30)14-7-5-4-6-8-14/h4-8,13,25H,9-12H2,1-3H3. The number of halogens is 1. The summed E-state index contributed by atoms with van der Waals surface area (Å²) in [5.41, 5.74) is -0.00331. The molecule has 1 aliphatic heterocycles. The summed E-state index contributed by atoms with van der Waals surface area (Å²) in [7, 11) is -3.73. The van der Waals surface area contributed by atoms with Crippen LogP contribution < -0.4 is 9.62 Å². The van der Waals surface area contributed by atoms with Crippen LogP contribution in [0.25, 0.3) is 10.2 Å². The molecule has 1 aliphatic rings. The first-order valence-electron chi connectivity index (χ1n) is 10.3. The fourth-order valence-electron chi connectivity index (χ4n) is 3.37. The van der Waals surface area contributed by atoms with Crippen molar-refractivity contribution in [3.8, 4) is 0 Å². The van der Waals surface area contributed by atoms with E-state index >= 15 is 0 Å². The van der Waals surface area contributed by atoms with E-state index in [9.17, 15) is 13.2 Å². The number of carbonyl (C=O) groups is 1. The summed E-state index contributed by atoms with van der Waals surface area (Å²) in [5, 5.41) is 0.487. The van der Waals surface area contributed by atoms with E-state index in [1.165, 1.54) is 23.5 Å². The minimum Gasteiger partial charge on any atom is -0.444 e. The minimum atomic E-state index is -3.73. The quantitative estimate of drug-likeness (QED) is 0.525. The summed E-state index contributed by atoms with van der Waals surface area (Å²) in [6.07, 6.45) is -0.346. The average Bonchev–Trinajstić information content (AvgIpc) is 3.14. The van der Waals surface area contributed by atoms with Crippen molar-refractivity contribution in [3.05, 3.63) is 41.7 Å². The molecule has 176 valence electrons. The van der Waals surface area contributed by atoms with Gasteiger partial charge in [0.2, 0.25) is 5.28 Å². The zero-order chi connectivity index (χ0) is 23.8. The average molecular weight is 510 g/mol. The van der Waals surface area contributed by atoms with Crippen molar-refractivity contribution in [1.29, 1.82) is 0 Å². The van der Waals surface area contributed by atoms with E-state index in [1.54, 1.807) is 29.2 Å². The number of nitrogens with zero attached hydrogens (tertiary/aromatic N) is 4. The molecule has 0 atom stereocenters. The zero-order valence-corrected chi connectivity index (χ0v) is 20.8. The van der Waals surface area contributed by atoms with E-state index in [1.807, 2.05) is 25.7 Å².